The van der Waals surface area contributed by atoms with Crippen LogP contribution in [0.5, 0.6) is 0 Å². The Morgan fingerprint density at radius 2 is 2.00 bits per heavy atom. The summed E-state index contributed by atoms with van der Waals surface area (Å²) in [5.74, 6) is 0.936. The summed E-state index contributed by atoms with van der Waals surface area (Å²) in [6.45, 7) is 12.2. The highest BCUT2D eigenvalue weighted by Crippen LogP contribution is 2.34. The predicted molar refractivity (Wildman–Crippen MR) is 67.7 cm³/mol. The van der Waals surface area contributed by atoms with E-state index in [1.54, 1.807) is 0 Å². The fraction of sp³-hybridized carbons (Fsp3) is 0.714. The van der Waals surface area contributed by atoms with Crippen LogP contribution < -0.4 is 5.73 Å². The van der Waals surface area contributed by atoms with Gasteiger partial charge >= 0.3 is 0 Å². The van der Waals surface area contributed by atoms with E-state index in [1.807, 2.05) is 6.92 Å². The minimum absolute atomic E-state index is 0.200. The number of hydrogen-bond donors (Lipinski definition) is 1. The van der Waals surface area contributed by atoms with Gasteiger partial charge in [0.15, 0.2) is 0 Å². The third-order valence-corrected chi connectivity index (χ3v) is 3.62. The van der Waals surface area contributed by atoms with Crippen LogP contribution in [0.3, 0.4) is 0 Å². The molecule has 1 fully saturated rings. The van der Waals surface area contributed by atoms with Crippen molar-refractivity contribution < 1.29 is 0 Å². The van der Waals surface area contributed by atoms with E-state index >= 15 is 0 Å². The van der Waals surface area contributed by atoms with Crippen molar-refractivity contribution in [3.8, 4) is 0 Å². The van der Waals surface area contributed by atoms with Gasteiger partial charge < -0.3 is 5.73 Å². The lowest BCUT2D eigenvalue weighted by atomic mass is 9.77. The molecule has 15 heavy (non-hydrogen) atoms. The molecule has 86 valence electrons. The molecule has 0 aliphatic heterocycles. The van der Waals surface area contributed by atoms with Crippen molar-refractivity contribution in [3.63, 3.8) is 0 Å². The molecule has 0 aromatic heterocycles. The second-order valence-corrected chi connectivity index (χ2v) is 5.49. The van der Waals surface area contributed by atoms with Gasteiger partial charge in [-0.05, 0) is 39.0 Å². The molecular weight excluding hydrogens is 182 g/mol. The fourth-order valence-electron chi connectivity index (χ4n) is 2.03. The van der Waals surface area contributed by atoms with Gasteiger partial charge in [-0.1, -0.05) is 43.6 Å². The van der Waals surface area contributed by atoms with Gasteiger partial charge in [0, 0.05) is 5.54 Å². The first-order valence-electron chi connectivity index (χ1n) is 6.03. The van der Waals surface area contributed by atoms with Crippen LogP contribution in [0, 0.1) is 5.92 Å². The summed E-state index contributed by atoms with van der Waals surface area (Å²) in [5.41, 5.74) is 8.38. The molecule has 1 aliphatic carbocycles. The molecule has 1 nitrogen and oxygen atoms in total. The van der Waals surface area contributed by atoms with Crippen molar-refractivity contribution in [2.24, 2.45) is 11.7 Å². The van der Waals surface area contributed by atoms with E-state index in [9.17, 15) is 0 Å². The van der Waals surface area contributed by atoms with Crippen LogP contribution in [0.15, 0.2) is 24.3 Å². The van der Waals surface area contributed by atoms with Gasteiger partial charge in [-0.15, -0.1) is 0 Å². The second-order valence-electron chi connectivity index (χ2n) is 5.49. The summed E-state index contributed by atoms with van der Waals surface area (Å²) >= 11 is 0. The van der Waals surface area contributed by atoms with Crippen molar-refractivity contribution in [2.45, 2.75) is 57.9 Å². The molecule has 1 atom stereocenters. The van der Waals surface area contributed by atoms with E-state index in [-0.39, 0.29) is 5.54 Å². The minimum atomic E-state index is -0.200. The highest BCUT2D eigenvalue weighted by atomic mass is 14.7. The van der Waals surface area contributed by atoms with Gasteiger partial charge in [-0.2, -0.15) is 0 Å². The summed E-state index contributed by atoms with van der Waals surface area (Å²) in [5, 5.41) is 0. The first-order valence-corrected chi connectivity index (χ1v) is 6.03. The Labute approximate surface area is 94.4 Å². The van der Waals surface area contributed by atoms with Crippen LogP contribution in [0.1, 0.15) is 52.4 Å². The zero-order valence-corrected chi connectivity index (χ0v) is 10.3. The quantitative estimate of drug-likeness (QED) is 0.659. The van der Waals surface area contributed by atoms with Crippen LogP contribution in [0.25, 0.3) is 0 Å². The molecule has 2 N–H and O–H groups in total. The maximum absolute atomic E-state index is 6.30. The van der Waals surface area contributed by atoms with Gasteiger partial charge in [-0.3, -0.25) is 0 Å². The van der Waals surface area contributed by atoms with E-state index < -0.39 is 0 Å². The minimum Gasteiger partial charge on any atom is -0.322 e. The second kappa shape index (κ2) is 4.98. The third kappa shape index (κ3) is 3.83. The molecule has 0 aromatic carbocycles. The molecule has 1 rings (SSSR count). The lowest BCUT2D eigenvalue weighted by Crippen LogP contribution is -2.38. The van der Waals surface area contributed by atoms with Crippen molar-refractivity contribution >= 4 is 0 Å². The van der Waals surface area contributed by atoms with Crippen molar-refractivity contribution in [1.29, 1.82) is 0 Å². The Kier molecular flexibility index (Phi) is 4.15. The summed E-state index contributed by atoms with van der Waals surface area (Å²) in [6.07, 6.45) is 7.44. The standard InChI is InChI=1S/C14H25N/c1-11(2)10-12(3)14(4,15)9-8-13-6-5-7-13/h13H,1,3,5-10,15H2,2,4H3/t14-/m1/s1. The van der Waals surface area contributed by atoms with Gasteiger partial charge in [0.1, 0.15) is 0 Å². The van der Waals surface area contributed by atoms with Crippen LogP contribution >= 0.6 is 0 Å². The molecular formula is C14H25N. The fourth-order valence-corrected chi connectivity index (χ4v) is 2.03. The maximum Gasteiger partial charge on any atom is 0.0340 e. The van der Waals surface area contributed by atoms with Crippen molar-refractivity contribution in [1.82, 2.24) is 0 Å². The highest BCUT2D eigenvalue weighted by molar-refractivity contribution is 5.19. The highest BCUT2D eigenvalue weighted by Gasteiger charge is 2.25. The molecule has 0 heterocycles. The topological polar surface area (TPSA) is 26.0 Å². The average molecular weight is 207 g/mol. The van der Waals surface area contributed by atoms with E-state index in [2.05, 4.69) is 20.1 Å². The molecule has 1 heteroatoms. The molecule has 0 radical (unpaired) electrons. The van der Waals surface area contributed by atoms with Crippen LogP contribution in [0.4, 0.5) is 0 Å². The molecule has 0 unspecified atom stereocenters. The monoisotopic (exact) mass is 207 g/mol. The molecule has 0 amide bonds. The Balaban J connectivity index is 2.34. The normalized spacial score (nSPS) is 20.5. The third-order valence-electron chi connectivity index (χ3n) is 3.62. The van der Waals surface area contributed by atoms with E-state index in [0.717, 1.165) is 29.9 Å². The smallest absolute Gasteiger partial charge is 0.0340 e. The molecule has 0 bridgehead atoms. The van der Waals surface area contributed by atoms with Gasteiger partial charge in [0.25, 0.3) is 0 Å². The van der Waals surface area contributed by atoms with Crippen LogP contribution in [-0.2, 0) is 0 Å². The van der Waals surface area contributed by atoms with Gasteiger partial charge in [0.05, 0.1) is 0 Å². The number of rotatable bonds is 6. The zero-order valence-electron chi connectivity index (χ0n) is 10.3. The number of allylic oxidation sites excluding steroid dienone is 1. The molecule has 0 saturated heterocycles. The van der Waals surface area contributed by atoms with E-state index in [0.29, 0.717) is 0 Å². The first-order chi connectivity index (χ1) is 6.92. The Morgan fingerprint density at radius 1 is 1.40 bits per heavy atom. The molecule has 0 aromatic rings. The molecule has 1 aliphatic rings. The zero-order chi connectivity index (χ0) is 11.5. The lowest BCUT2D eigenvalue weighted by Gasteiger charge is -2.32. The van der Waals surface area contributed by atoms with Crippen LogP contribution in [0.2, 0.25) is 0 Å². The van der Waals surface area contributed by atoms with E-state index in [4.69, 9.17) is 5.73 Å². The SMILES string of the molecule is C=C(C)CC(=C)[C@](C)(N)CCC1CCC1. The van der Waals surface area contributed by atoms with Crippen molar-refractivity contribution in [2.75, 3.05) is 0 Å². The largest absolute Gasteiger partial charge is 0.322 e. The summed E-state index contributed by atoms with van der Waals surface area (Å²) in [6, 6.07) is 0. The Morgan fingerprint density at radius 3 is 2.40 bits per heavy atom. The summed E-state index contributed by atoms with van der Waals surface area (Å²) in [7, 11) is 0. The van der Waals surface area contributed by atoms with Crippen molar-refractivity contribution in [3.05, 3.63) is 24.3 Å². The maximum atomic E-state index is 6.30. The number of hydrogen-bond acceptors (Lipinski definition) is 1. The first kappa shape index (κ1) is 12.5. The lowest BCUT2D eigenvalue weighted by molar-refractivity contribution is 0.270. The summed E-state index contributed by atoms with van der Waals surface area (Å²) in [4.78, 5) is 0. The molecule has 0 spiro atoms. The number of nitrogens with two attached hydrogens (primary N) is 1. The Hall–Kier alpha value is -0.560. The van der Waals surface area contributed by atoms with Gasteiger partial charge in [-0.25, -0.2) is 0 Å². The van der Waals surface area contributed by atoms with E-state index in [1.165, 1.54) is 25.7 Å². The predicted octanol–water partition coefficient (Wildman–Crippen LogP) is 3.81. The van der Waals surface area contributed by atoms with Crippen LogP contribution in [-0.4, -0.2) is 5.54 Å². The molecule has 1 saturated carbocycles. The summed E-state index contributed by atoms with van der Waals surface area (Å²) < 4.78 is 0. The van der Waals surface area contributed by atoms with Gasteiger partial charge in [0.2, 0.25) is 0 Å². The average Bonchev–Trinajstić information content (AvgIpc) is 1.99. The Bertz CT molecular complexity index is 246.